The molecule has 9 heavy (non-hydrogen) atoms. The van der Waals surface area contributed by atoms with E-state index in [2.05, 4.69) is 22.2 Å². The topological polar surface area (TPSA) is 40.7 Å². The van der Waals surface area contributed by atoms with Gasteiger partial charge in [-0.25, -0.2) is 4.98 Å². The van der Waals surface area contributed by atoms with Gasteiger partial charge in [-0.3, -0.25) is 0 Å². The highest BCUT2D eigenvalue weighted by atomic mass is 15.0. The molecule has 0 unspecified atom stereocenters. The largest absolute Gasteiger partial charge is 0.372 e. The van der Waals surface area contributed by atoms with E-state index in [0.29, 0.717) is 0 Å². The van der Waals surface area contributed by atoms with Gasteiger partial charge in [-0.15, -0.1) is 0 Å². The van der Waals surface area contributed by atoms with Gasteiger partial charge in [0, 0.05) is 7.05 Å². The van der Waals surface area contributed by atoms with Crippen molar-refractivity contribution in [2.75, 3.05) is 12.4 Å². The van der Waals surface area contributed by atoms with Crippen molar-refractivity contribution in [1.29, 1.82) is 0 Å². The summed E-state index contributed by atoms with van der Waals surface area (Å²) in [5.41, 5.74) is 1.16. The number of anilines is 1. The lowest BCUT2D eigenvalue weighted by molar-refractivity contribution is 1.06. The fourth-order valence-corrected chi connectivity index (χ4v) is 0.806. The predicted molar refractivity (Wildman–Crippen MR) is 37.5 cm³/mol. The van der Waals surface area contributed by atoms with Gasteiger partial charge in [0.2, 0.25) is 0 Å². The summed E-state index contributed by atoms with van der Waals surface area (Å²) < 4.78 is 0. The lowest BCUT2D eigenvalue weighted by Gasteiger charge is -1.94. The molecule has 0 saturated carbocycles. The Hall–Kier alpha value is -0.990. The lowest BCUT2D eigenvalue weighted by Crippen LogP contribution is -1.92. The standard InChI is InChI=1S/C6H11N3/c1-3-5-6(7-2)9-4-8-5/h4,7H,3H2,1-2H3,(H,8,9). The molecule has 1 rings (SSSR count). The number of aromatic nitrogens is 2. The minimum atomic E-state index is 0.956. The number of hydrogen-bond acceptors (Lipinski definition) is 2. The second kappa shape index (κ2) is 2.53. The van der Waals surface area contributed by atoms with Crippen molar-refractivity contribution in [3.05, 3.63) is 12.0 Å². The summed E-state index contributed by atoms with van der Waals surface area (Å²) in [6, 6.07) is 0. The molecule has 1 aromatic rings. The van der Waals surface area contributed by atoms with Crippen LogP contribution in [0.3, 0.4) is 0 Å². The monoisotopic (exact) mass is 125 g/mol. The second-order valence-electron chi connectivity index (χ2n) is 1.83. The van der Waals surface area contributed by atoms with E-state index in [0.717, 1.165) is 17.9 Å². The van der Waals surface area contributed by atoms with Gasteiger partial charge in [0.25, 0.3) is 0 Å². The molecule has 0 aliphatic rings. The van der Waals surface area contributed by atoms with Gasteiger partial charge in [0.05, 0.1) is 12.0 Å². The van der Waals surface area contributed by atoms with E-state index in [4.69, 9.17) is 0 Å². The minimum Gasteiger partial charge on any atom is -0.372 e. The fraction of sp³-hybridized carbons (Fsp3) is 0.500. The van der Waals surface area contributed by atoms with Crippen molar-refractivity contribution in [2.45, 2.75) is 13.3 Å². The van der Waals surface area contributed by atoms with Crippen LogP contribution in [0.4, 0.5) is 5.82 Å². The maximum atomic E-state index is 4.04. The first-order valence-corrected chi connectivity index (χ1v) is 3.08. The second-order valence-corrected chi connectivity index (χ2v) is 1.83. The van der Waals surface area contributed by atoms with Gasteiger partial charge in [-0.2, -0.15) is 0 Å². The molecular formula is C6H11N3. The number of H-pyrrole nitrogens is 1. The van der Waals surface area contributed by atoms with Gasteiger partial charge in [0.15, 0.2) is 0 Å². The molecule has 50 valence electrons. The number of aromatic amines is 1. The Labute approximate surface area is 54.5 Å². The summed E-state index contributed by atoms with van der Waals surface area (Å²) in [5, 5.41) is 2.98. The van der Waals surface area contributed by atoms with Crippen LogP contribution < -0.4 is 5.32 Å². The summed E-state index contributed by atoms with van der Waals surface area (Å²) in [6.07, 6.45) is 2.70. The van der Waals surface area contributed by atoms with Crippen molar-refractivity contribution < 1.29 is 0 Å². The lowest BCUT2D eigenvalue weighted by atomic mass is 10.3. The van der Waals surface area contributed by atoms with Crippen LogP contribution in [0.15, 0.2) is 6.33 Å². The van der Waals surface area contributed by atoms with Crippen LogP contribution in [0.2, 0.25) is 0 Å². The molecule has 0 amide bonds. The Bertz CT molecular complexity index is 162. The van der Waals surface area contributed by atoms with Crippen molar-refractivity contribution in [1.82, 2.24) is 9.97 Å². The van der Waals surface area contributed by atoms with E-state index in [9.17, 15) is 0 Å². The number of imidazole rings is 1. The Morgan fingerprint density at radius 1 is 1.78 bits per heavy atom. The Balaban J connectivity index is 2.85. The zero-order valence-corrected chi connectivity index (χ0v) is 5.73. The molecule has 0 fully saturated rings. The molecule has 1 heterocycles. The molecule has 0 atom stereocenters. The number of hydrogen-bond donors (Lipinski definition) is 2. The molecule has 0 saturated heterocycles. The van der Waals surface area contributed by atoms with Gasteiger partial charge in [-0.05, 0) is 6.42 Å². The molecule has 0 aliphatic heterocycles. The van der Waals surface area contributed by atoms with Gasteiger partial charge in [-0.1, -0.05) is 6.92 Å². The third kappa shape index (κ3) is 1.04. The summed E-state index contributed by atoms with van der Waals surface area (Å²) in [4.78, 5) is 7.07. The zero-order valence-electron chi connectivity index (χ0n) is 5.73. The molecular weight excluding hydrogens is 114 g/mol. The molecule has 3 heteroatoms. The molecule has 0 radical (unpaired) electrons. The summed E-state index contributed by atoms with van der Waals surface area (Å²) >= 11 is 0. The molecule has 0 spiro atoms. The normalized spacial score (nSPS) is 9.56. The van der Waals surface area contributed by atoms with Crippen LogP contribution in [0.1, 0.15) is 12.6 Å². The number of nitrogens with one attached hydrogen (secondary N) is 2. The third-order valence-corrected chi connectivity index (χ3v) is 1.31. The molecule has 0 aromatic carbocycles. The number of rotatable bonds is 2. The molecule has 0 bridgehead atoms. The van der Waals surface area contributed by atoms with E-state index < -0.39 is 0 Å². The van der Waals surface area contributed by atoms with Crippen LogP contribution in [0.25, 0.3) is 0 Å². The fourth-order valence-electron chi connectivity index (χ4n) is 0.806. The highest BCUT2D eigenvalue weighted by molar-refractivity contribution is 5.38. The third-order valence-electron chi connectivity index (χ3n) is 1.31. The molecule has 3 nitrogen and oxygen atoms in total. The van der Waals surface area contributed by atoms with Crippen molar-refractivity contribution in [3.63, 3.8) is 0 Å². The zero-order chi connectivity index (χ0) is 6.69. The van der Waals surface area contributed by atoms with Gasteiger partial charge < -0.3 is 10.3 Å². The van der Waals surface area contributed by atoms with E-state index in [1.54, 1.807) is 6.33 Å². The smallest absolute Gasteiger partial charge is 0.146 e. The van der Waals surface area contributed by atoms with Gasteiger partial charge >= 0.3 is 0 Å². The van der Waals surface area contributed by atoms with Crippen LogP contribution in [0, 0.1) is 0 Å². The van der Waals surface area contributed by atoms with E-state index in [1.165, 1.54) is 0 Å². The number of aryl methyl sites for hydroxylation is 1. The Morgan fingerprint density at radius 2 is 2.56 bits per heavy atom. The van der Waals surface area contributed by atoms with Gasteiger partial charge in [0.1, 0.15) is 5.82 Å². The first-order valence-electron chi connectivity index (χ1n) is 3.08. The van der Waals surface area contributed by atoms with Crippen molar-refractivity contribution in [2.24, 2.45) is 0 Å². The predicted octanol–water partition coefficient (Wildman–Crippen LogP) is 1.01. The van der Waals surface area contributed by atoms with Crippen LogP contribution >= 0.6 is 0 Å². The van der Waals surface area contributed by atoms with Crippen molar-refractivity contribution in [3.8, 4) is 0 Å². The van der Waals surface area contributed by atoms with E-state index in [1.807, 2.05) is 7.05 Å². The van der Waals surface area contributed by atoms with Crippen molar-refractivity contribution >= 4 is 5.82 Å². The average molecular weight is 125 g/mol. The van der Waals surface area contributed by atoms with Crippen LogP contribution in [0.5, 0.6) is 0 Å². The maximum Gasteiger partial charge on any atom is 0.146 e. The highest BCUT2D eigenvalue weighted by Gasteiger charge is 1.97. The summed E-state index contributed by atoms with van der Waals surface area (Å²) in [7, 11) is 1.87. The highest BCUT2D eigenvalue weighted by Crippen LogP contribution is 2.07. The molecule has 0 aliphatic carbocycles. The average Bonchev–Trinajstić information content (AvgIpc) is 2.33. The van der Waals surface area contributed by atoms with Crippen LogP contribution in [-0.2, 0) is 6.42 Å². The number of nitrogens with zero attached hydrogens (tertiary/aromatic N) is 1. The SMILES string of the molecule is CCc1[nH]cnc1NC. The summed E-state index contributed by atoms with van der Waals surface area (Å²) in [5.74, 6) is 0.956. The van der Waals surface area contributed by atoms with E-state index in [-0.39, 0.29) is 0 Å². The molecule has 1 aromatic heterocycles. The quantitative estimate of drug-likeness (QED) is 0.619. The maximum absolute atomic E-state index is 4.04. The van der Waals surface area contributed by atoms with Crippen LogP contribution in [-0.4, -0.2) is 17.0 Å². The Morgan fingerprint density at radius 3 is 3.00 bits per heavy atom. The molecule has 2 N–H and O–H groups in total. The minimum absolute atomic E-state index is 0.956. The Kier molecular flexibility index (Phi) is 1.72. The summed E-state index contributed by atoms with van der Waals surface area (Å²) in [6.45, 7) is 2.09. The first-order chi connectivity index (χ1) is 4.38. The van der Waals surface area contributed by atoms with E-state index >= 15 is 0 Å². The first kappa shape index (κ1) is 6.13.